The fraction of sp³-hybridized carbons (Fsp3) is 0.500. The standard InChI is InChI=1S/C20H25N5O2/c1-14-22-17(12-18(23-14)24-9-2-3-10-24)15-6-5-11-25(13-15)19-16(20(26)27)7-4-8-21-19/h4,7-8,12,15H,2-3,5-6,9-11,13H2,1H3,(H,26,27)/t15-/m0/s1. The van der Waals surface area contributed by atoms with E-state index in [1.165, 1.54) is 12.8 Å². The van der Waals surface area contributed by atoms with E-state index in [0.29, 0.717) is 5.82 Å². The third-order valence-corrected chi connectivity index (χ3v) is 5.43. The quantitative estimate of drug-likeness (QED) is 0.890. The van der Waals surface area contributed by atoms with Crippen molar-refractivity contribution in [3.05, 3.63) is 41.5 Å². The Hall–Kier alpha value is -2.70. The highest BCUT2D eigenvalue weighted by Gasteiger charge is 2.27. The first-order valence-electron chi connectivity index (χ1n) is 9.65. The predicted octanol–water partition coefficient (Wildman–Crippen LogP) is 2.86. The van der Waals surface area contributed by atoms with Gasteiger partial charge in [-0.2, -0.15) is 0 Å². The average molecular weight is 367 g/mol. The molecule has 0 unspecified atom stereocenters. The Balaban J connectivity index is 1.59. The monoisotopic (exact) mass is 367 g/mol. The van der Waals surface area contributed by atoms with Crippen molar-refractivity contribution in [2.24, 2.45) is 0 Å². The molecular weight excluding hydrogens is 342 g/mol. The van der Waals surface area contributed by atoms with Crippen molar-refractivity contribution in [3.8, 4) is 0 Å². The van der Waals surface area contributed by atoms with Crippen LogP contribution in [0.15, 0.2) is 24.4 Å². The van der Waals surface area contributed by atoms with Gasteiger partial charge in [-0.15, -0.1) is 0 Å². The molecule has 1 N–H and O–H groups in total. The van der Waals surface area contributed by atoms with Crippen molar-refractivity contribution < 1.29 is 9.90 Å². The van der Waals surface area contributed by atoms with E-state index in [4.69, 9.17) is 4.98 Å². The molecular formula is C20H25N5O2. The molecule has 4 rings (SSSR count). The molecule has 2 aromatic heterocycles. The molecule has 0 saturated carbocycles. The lowest BCUT2D eigenvalue weighted by Crippen LogP contribution is -2.36. The van der Waals surface area contributed by atoms with E-state index in [-0.39, 0.29) is 11.5 Å². The van der Waals surface area contributed by atoms with Gasteiger partial charge >= 0.3 is 5.97 Å². The zero-order valence-corrected chi connectivity index (χ0v) is 15.6. The maximum Gasteiger partial charge on any atom is 0.339 e. The third-order valence-electron chi connectivity index (χ3n) is 5.43. The van der Waals surface area contributed by atoms with E-state index in [0.717, 1.165) is 56.4 Å². The van der Waals surface area contributed by atoms with Crippen LogP contribution in [0.1, 0.15) is 53.5 Å². The van der Waals surface area contributed by atoms with Crippen molar-refractivity contribution in [2.75, 3.05) is 36.0 Å². The molecule has 2 fully saturated rings. The molecule has 4 heterocycles. The lowest BCUT2D eigenvalue weighted by molar-refractivity contribution is 0.0697. The SMILES string of the molecule is Cc1nc([C@H]2CCCN(c3ncccc3C(=O)O)C2)cc(N2CCCC2)n1. The summed E-state index contributed by atoms with van der Waals surface area (Å²) in [4.78, 5) is 29.7. The molecule has 7 nitrogen and oxygen atoms in total. The number of carbonyl (C=O) groups is 1. The molecule has 0 amide bonds. The molecule has 27 heavy (non-hydrogen) atoms. The Labute approximate surface area is 159 Å². The fourth-order valence-corrected chi connectivity index (χ4v) is 4.12. The number of anilines is 2. The van der Waals surface area contributed by atoms with Gasteiger partial charge < -0.3 is 14.9 Å². The van der Waals surface area contributed by atoms with Crippen molar-refractivity contribution in [1.82, 2.24) is 15.0 Å². The Bertz CT molecular complexity index is 835. The van der Waals surface area contributed by atoms with Crippen LogP contribution in [-0.4, -0.2) is 52.2 Å². The highest BCUT2D eigenvalue weighted by Crippen LogP contribution is 2.31. The molecule has 2 saturated heterocycles. The van der Waals surface area contributed by atoms with Crippen LogP contribution in [0, 0.1) is 6.92 Å². The smallest absolute Gasteiger partial charge is 0.339 e. The topological polar surface area (TPSA) is 82.5 Å². The van der Waals surface area contributed by atoms with Gasteiger partial charge in [0.15, 0.2) is 0 Å². The van der Waals surface area contributed by atoms with Crippen LogP contribution in [0.25, 0.3) is 0 Å². The summed E-state index contributed by atoms with van der Waals surface area (Å²) in [5.41, 5.74) is 1.32. The number of hydrogen-bond donors (Lipinski definition) is 1. The van der Waals surface area contributed by atoms with Gasteiger partial charge in [0.05, 0.1) is 5.69 Å². The van der Waals surface area contributed by atoms with Crippen molar-refractivity contribution in [3.63, 3.8) is 0 Å². The number of carboxylic acids is 1. The molecule has 0 bridgehead atoms. The van der Waals surface area contributed by atoms with E-state index in [9.17, 15) is 9.90 Å². The van der Waals surface area contributed by atoms with Crippen molar-refractivity contribution in [1.29, 1.82) is 0 Å². The van der Waals surface area contributed by atoms with Crippen LogP contribution >= 0.6 is 0 Å². The van der Waals surface area contributed by atoms with Gasteiger partial charge in [0.1, 0.15) is 23.0 Å². The highest BCUT2D eigenvalue weighted by molar-refractivity contribution is 5.93. The number of aryl methyl sites for hydroxylation is 1. The van der Waals surface area contributed by atoms with Crippen molar-refractivity contribution >= 4 is 17.6 Å². The molecule has 7 heteroatoms. The Morgan fingerprint density at radius 2 is 1.93 bits per heavy atom. The first kappa shape index (κ1) is 17.7. The third kappa shape index (κ3) is 3.72. The van der Waals surface area contributed by atoms with E-state index in [2.05, 4.69) is 25.8 Å². The Morgan fingerprint density at radius 1 is 1.15 bits per heavy atom. The minimum absolute atomic E-state index is 0.255. The second-order valence-corrected chi connectivity index (χ2v) is 7.36. The van der Waals surface area contributed by atoms with Crippen LogP contribution in [0.2, 0.25) is 0 Å². The van der Waals surface area contributed by atoms with E-state index < -0.39 is 5.97 Å². The molecule has 1 atom stereocenters. The second-order valence-electron chi connectivity index (χ2n) is 7.36. The largest absolute Gasteiger partial charge is 0.478 e. The summed E-state index contributed by atoms with van der Waals surface area (Å²) in [7, 11) is 0. The number of rotatable bonds is 4. The lowest BCUT2D eigenvalue weighted by Gasteiger charge is -2.34. The number of pyridine rings is 1. The summed E-state index contributed by atoms with van der Waals surface area (Å²) in [5, 5.41) is 9.48. The zero-order valence-electron chi connectivity index (χ0n) is 15.6. The predicted molar refractivity (Wildman–Crippen MR) is 104 cm³/mol. The van der Waals surface area contributed by atoms with Gasteiger partial charge in [-0.05, 0) is 44.7 Å². The van der Waals surface area contributed by atoms with Gasteiger partial charge in [-0.3, -0.25) is 0 Å². The molecule has 142 valence electrons. The summed E-state index contributed by atoms with van der Waals surface area (Å²) >= 11 is 0. The molecule has 2 aliphatic rings. The normalized spacial score (nSPS) is 20.1. The first-order valence-corrected chi connectivity index (χ1v) is 9.65. The second kappa shape index (κ2) is 7.50. The minimum atomic E-state index is -0.936. The molecule has 0 spiro atoms. The number of piperidine rings is 1. The Kier molecular flexibility index (Phi) is 4.92. The zero-order chi connectivity index (χ0) is 18.8. The van der Waals surface area contributed by atoms with E-state index >= 15 is 0 Å². The summed E-state index contributed by atoms with van der Waals surface area (Å²) in [6.45, 7) is 5.61. The summed E-state index contributed by atoms with van der Waals surface area (Å²) in [6.07, 6.45) is 6.12. The lowest BCUT2D eigenvalue weighted by atomic mass is 9.94. The summed E-state index contributed by atoms with van der Waals surface area (Å²) in [6, 6.07) is 5.42. The molecule has 0 aliphatic carbocycles. The average Bonchev–Trinajstić information content (AvgIpc) is 3.22. The van der Waals surface area contributed by atoms with Crippen LogP contribution in [0.4, 0.5) is 11.6 Å². The number of aromatic nitrogens is 3. The van der Waals surface area contributed by atoms with E-state index in [1.54, 1.807) is 18.3 Å². The number of carboxylic acid groups (broad SMARTS) is 1. The maximum atomic E-state index is 11.6. The highest BCUT2D eigenvalue weighted by atomic mass is 16.4. The van der Waals surface area contributed by atoms with Crippen molar-refractivity contribution in [2.45, 2.75) is 38.5 Å². The van der Waals surface area contributed by atoms with Crippen LogP contribution < -0.4 is 9.80 Å². The molecule has 2 aliphatic heterocycles. The van der Waals surface area contributed by atoms with Gasteiger partial charge in [0, 0.05) is 44.4 Å². The van der Waals surface area contributed by atoms with Crippen LogP contribution in [0.5, 0.6) is 0 Å². The maximum absolute atomic E-state index is 11.6. The van der Waals surface area contributed by atoms with Gasteiger partial charge in [0.2, 0.25) is 0 Å². The van der Waals surface area contributed by atoms with Crippen LogP contribution in [-0.2, 0) is 0 Å². The number of hydrogen-bond acceptors (Lipinski definition) is 6. The molecule has 0 aromatic carbocycles. The number of aromatic carboxylic acids is 1. The van der Waals surface area contributed by atoms with E-state index in [1.807, 2.05) is 6.92 Å². The van der Waals surface area contributed by atoms with Gasteiger partial charge in [-0.25, -0.2) is 19.7 Å². The molecule has 0 radical (unpaired) electrons. The molecule has 2 aromatic rings. The van der Waals surface area contributed by atoms with Gasteiger partial charge in [0.25, 0.3) is 0 Å². The Morgan fingerprint density at radius 3 is 2.70 bits per heavy atom. The van der Waals surface area contributed by atoms with Gasteiger partial charge in [-0.1, -0.05) is 0 Å². The minimum Gasteiger partial charge on any atom is -0.478 e. The fourth-order valence-electron chi connectivity index (χ4n) is 4.12. The van der Waals surface area contributed by atoms with Crippen LogP contribution in [0.3, 0.4) is 0 Å². The summed E-state index contributed by atoms with van der Waals surface area (Å²) in [5.74, 6) is 1.70. The summed E-state index contributed by atoms with van der Waals surface area (Å²) < 4.78 is 0. The number of nitrogens with zero attached hydrogens (tertiary/aromatic N) is 5. The first-order chi connectivity index (χ1) is 13.1.